The number of nitrogens with one attached hydrogen (secondary N) is 1. The third-order valence-electron chi connectivity index (χ3n) is 2.32. The van der Waals surface area contributed by atoms with Crippen LogP contribution in [-0.2, 0) is 10.0 Å². The van der Waals surface area contributed by atoms with Crippen LogP contribution in [0.5, 0.6) is 0 Å². The van der Waals surface area contributed by atoms with E-state index in [1.165, 1.54) is 30.3 Å². The van der Waals surface area contributed by atoms with E-state index >= 15 is 0 Å². The highest BCUT2D eigenvalue weighted by Gasteiger charge is 2.17. The lowest BCUT2D eigenvalue weighted by Gasteiger charge is -2.09. The van der Waals surface area contributed by atoms with Gasteiger partial charge in [-0.25, -0.2) is 12.8 Å². The van der Waals surface area contributed by atoms with E-state index in [1.807, 2.05) is 0 Å². The van der Waals surface area contributed by atoms with Crippen molar-refractivity contribution >= 4 is 43.2 Å². The van der Waals surface area contributed by atoms with E-state index in [1.54, 1.807) is 12.1 Å². The molecule has 2 rings (SSSR count). The molecule has 0 radical (unpaired) electrons. The second kappa shape index (κ2) is 5.48. The number of anilines is 1. The Labute approximate surface area is 123 Å². The molecule has 0 saturated heterocycles. The maximum Gasteiger partial charge on any atom is 0.261 e. The molecule has 0 aliphatic heterocycles. The predicted molar refractivity (Wildman–Crippen MR) is 76.4 cm³/mol. The molecule has 0 atom stereocenters. The largest absolute Gasteiger partial charge is 0.277 e. The van der Waals surface area contributed by atoms with Crippen LogP contribution >= 0.6 is 27.5 Å². The van der Waals surface area contributed by atoms with Crippen molar-refractivity contribution in [3.8, 4) is 0 Å². The average Bonchev–Trinajstić information content (AvgIpc) is 2.35. The van der Waals surface area contributed by atoms with Crippen molar-refractivity contribution in [3.05, 3.63) is 57.8 Å². The number of sulfonamides is 1. The van der Waals surface area contributed by atoms with Gasteiger partial charge in [0.2, 0.25) is 0 Å². The van der Waals surface area contributed by atoms with Crippen molar-refractivity contribution in [2.24, 2.45) is 0 Å². The molecular weight excluding hydrogens is 357 g/mol. The summed E-state index contributed by atoms with van der Waals surface area (Å²) in [6.45, 7) is 0. The predicted octanol–water partition coefficient (Wildman–Crippen LogP) is 4.04. The SMILES string of the molecule is O=S(=O)(Nc1cccc(Cl)c1F)c1ccc(Br)cc1. The molecule has 1 N–H and O–H groups in total. The molecule has 0 fully saturated rings. The summed E-state index contributed by atoms with van der Waals surface area (Å²) >= 11 is 8.80. The van der Waals surface area contributed by atoms with Crippen molar-refractivity contribution in [1.82, 2.24) is 0 Å². The second-order valence-electron chi connectivity index (χ2n) is 3.66. The lowest BCUT2D eigenvalue weighted by Crippen LogP contribution is -2.13. The summed E-state index contributed by atoms with van der Waals surface area (Å²) < 4.78 is 40.6. The van der Waals surface area contributed by atoms with Crippen LogP contribution in [0.3, 0.4) is 0 Å². The molecule has 0 saturated carbocycles. The van der Waals surface area contributed by atoms with Crippen LogP contribution in [0.15, 0.2) is 51.8 Å². The first kappa shape index (κ1) is 14.3. The highest BCUT2D eigenvalue weighted by Crippen LogP contribution is 2.25. The van der Waals surface area contributed by atoms with Gasteiger partial charge in [-0.3, -0.25) is 4.72 Å². The molecule has 3 nitrogen and oxygen atoms in total. The van der Waals surface area contributed by atoms with Crippen LogP contribution in [-0.4, -0.2) is 8.42 Å². The van der Waals surface area contributed by atoms with E-state index in [-0.39, 0.29) is 15.6 Å². The monoisotopic (exact) mass is 363 g/mol. The minimum Gasteiger partial charge on any atom is -0.277 e. The Morgan fingerprint density at radius 2 is 1.74 bits per heavy atom. The summed E-state index contributed by atoms with van der Waals surface area (Å²) in [5.41, 5.74) is -0.185. The van der Waals surface area contributed by atoms with E-state index in [2.05, 4.69) is 20.7 Å². The van der Waals surface area contributed by atoms with Gasteiger partial charge in [0, 0.05) is 4.47 Å². The molecule has 2 aromatic rings. The lowest BCUT2D eigenvalue weighted by molar-refractivity contribution is 0.598. The van der Waals surface area contributed by atoms with Crippen LogP contribution in [0, 0.1) is 5.82 Å². The van der Waals surface area contributed by atoms with E-state index in [4.69, 9.17) is 11.6 Å². The lowest BCUT2D eigenvalue weighted by atomic mass is 10.3. The minimum atomic E-state index is -3.84. The van der Waals surface area contributed by atoms with Crippen molar-refractivity contribution < 1.29 is 12.8 Å². The van der Waals surface area contributed by atoms with Crippen molar-refractivity contribution in [1.29, 1.82) is 0 Å². The minimum absolute atomic E-state index is 0.0371. The Bertz CT molecular complexity index is 704. The Morgan fingerprint density at radius 1 is 1.11 bits per heavy atom. The first-order chi connectivity index (χ1) is 8.90. The number of hydrogen-bond donors (Lipinski definition) is 1. The van der Waals surface area contributed by atoms with Crippen LogP contribution < -0.4 is 4.72 Å². The number of hydrogen-bond acceptors (Lipinski definition) is 2. The Morgan fingerprint density at radius 3 is 2.37 bits per heavy atom. The molecule has 19 heavy (non-hydrogen) atoms. The number of benzene rings is 2. The summed E-state index contributed by atoms with van der Waals surface area (Å²) in [6, 6.07) is 10.1. The van der Waals surface area contributed by atoms with E-state index < -0.39 is 15.8 Å². The summed E-state index contributed by atoms with van der Waals surface area (Å²) in [6.07, 6.45) is 0. The molecule has 0 bridgehead atoms. The van der Waals surface area contributed by atoms with Gasteiger partial charge < -0.3 is 0 Å². The fourth-order valence-electron chi connectivity index (χ4n) is 1.40. The molecular formula is C12H8BrClFNO2S. The van der Waals surface area contributed by atoms with Gasteiger partial charge in [0.05, 0.1) is 15.6 Å². The van der Waals surface area contributed by atoms with Crippen molar-refractivity contribution in [3.63, 3.8) is 0 Å². The van der Waals surface area contributed by atoms with Gasteiger partial charge in [0.15, 0.2) is 5.82 Å². The molecule has 0 aliphatic carbocycles. The van der Waals surface area contributed by atoms with Crippen molar-refractivity contribution in [2.45, 2.75) is 4.90 Å². The van der Waals surface area contributed by atoms with E-state index in [0.29, 0.717) is 0 Å². The third-order valence-corrected chi connectivity index (χ3v) is 4.52. The topological polar surface area (TPSA) is 46.2 Å². The first-order valence-electron chi connectivity index (χ1n) is 5.12. The zero-order chi connectivity index (χ0) is 14.0. The third kappa shape index (κ3) is 3.26. The molecule has 0 spiro atoms. The molecule has 7 heteroatoms. The maximum atomic E-state index is 13.6. The summed E-state index contributed by atoms with van der Waals surface area (Å²) in [5.74, 6) is -0.801. The quantitative estimate of drug-likeness (QED) is 0.893. The van der Waals surface area contributed by atoms with E-state index in [0.717, 1.165) is 4.47 Å². The molecule has 0 aromatic heterocycles. The van der Waals surface area contributed by atoms with Crippen LogP contribution in [0.2, 0.25) is 5.02 Å². The van der Waals surface area contributed by atoms with Gasteiger partial charge in [-0.05, 0) is 36.4 Å². The summed E-state index contributed by atoms with van der Waals surface area (Å²) in [4.78, 5) is 0.0371. The first-order valence-corrected chi connectivity index (χ1v) is 7.78. The molecule has 100 valence electrons. The molecule has 0 amide bonds. The van der Waals surface area contributed by atoms with Gasteiger partial charge in [0.1, 0.15) is 0 Å². The molecule has 0 heterocycles. The Kier molecular flexibility index (Phi) is 4.13. The zero-order valence-corrected chi connectivity index (χ0v) is 12.6. The van der Waals surface area contributed by atoms with Gasteiger partial charge in [-0.1, -0.05) is 33.6 Å². The van der Waals surface area contributed by atoms with Gasteiger partial charge in [-0.2, -0.15) is 0 Å². The van der Waals surface area contributed by atoms with Gasteiger partial charge in [-0.15, -0.1) is 0 Å². The Hall–Kier alpha value is -1.11. The van der Waals surface area contributed by atoms with Crippen LogP contribution in [0.1, 0.15) is 0 Å². The highest BCUT2D eigenvalue weighted by atomic mass is 79.9. The highest BCUT2D eigenvalue weighted by molar-refractivity contribution is 9.10. The average molecular weight is 365 g/mol. The standard InChI is InChI=1S/C12H8BrClFNO2S/c13-8-4-6-9(7-5-8)19(17,18)16-11-3-1-2-10(14)12(11)15/h1-7,16H. The zero-order valence-electron chi connectivity index (χ0n) is 9.40. The fourth-order valence-corrected chi connectivity index (χ4v) is 2.90. The number of rotatable bonds is 3. The molecule has 0 unspecified atom stereocenters. The smallest absolute Gasteiger partial charge is 0.261 e. The van der Waals surface area contributed by atoms with Gasteiger partial charge in [0.25, 0.3) is 10.0 Å². The van der Waals surface area contributed by atoms with Gasteiger partial charge >= 0.3 is 0 Å². The normalized spacial score (nSPS) is 11.3. The van der Waals surface area contributed by atoms with Crippen LogP contribution in [0.25, 0.3) is 0 Å². The summed E-state index contributed by atoms with van der Waals surface area (Å²) in [7, 11) is -3.84. The maximum absolute atomic E-state index is 13.6. The Balaban J connectivity index is 2.36. The molecule has 2 aromatic carbocycles. The second-order valence-corrected chi connectivity index (χ2v) is 6.67. The van der Waals surface area contributed by atoms with Crippen molar-refractivity contribution in [2.75, 3.05) is 4.72 Å². The molecule has 0 aliphatic rings. The van der Waals surface area contributed by atoms with Crippen LogP contribution in [0.4, 0.5) is 10.1 Å². The van der Waals surface area contributed by atoms with E-state index in [9.17, 15) is 12.8 Å². The summed E-state index contributed by atoms with van der Waals surface area (Å²) in [5, 5.41) is -0.143. The fraction of sp³-hybridized carbons (Fsp3) is 0. The number of halogens is 3.